The van der Waals surface area contributed by atoms with Crippen LogP contribution in [0.3, 0.4) is 0 Å². The van der Waals surface area contributed by atoms with Crippen LogP contribution in [0.5, 0.6) is 5.75 Å². The lowest BCUT2D eigenvalue weighted by molar-refractivity contribution is 0.475. The first-order valence-corrected chi connectivity index (χ1v) is 6.32. The van der Waals surface area contributed by atoms with E-state index in [-0.39, 0.29) is 0 Å². The van der Waals surface area contributed by atoms with Crippen molar-refractivity contribution in [2.45, 2.75) is 13.0 Å². The summed E-state index contributed by atoms with van der Waals surface area (Å²) in [6, 6.07) is 7.24. The van der Waals surface area contributed by atoms with Crippen LogP contribution in [0.1, 0.15) is 11.3 Å². The zero-order chi connectivity index (χ0) is 12.1. The second kappa shape index (κ2) is 5.65. The molecular formula is C12H15N3OS. The van der Waals surface area contributed by atoms with Crippen molar-refractivity contribution >= 4 is 16.5 Å². The SMILES string of the molecule is NCc1csc(NCCc2ccc(O)cc2)n1. The Hall–Kier alpha value is -1.59. The zero-order valence-electron chi connectivity index (χ0n) is 9.39. The Morgan fingerprint density at radius 2 is 2.06 bits per heavy atom. The molecule has 4 N–H and O–H groups in total. The van der Waals surface area contributed by atoms with Crippen LogP contribution < -0.4 is 11.1 Å². The summed E-state index contributed by atoms with van der Waals surface area (Å²) in [6.45, 7) is 1.30. The first-order chi connectivity index (χ1) is 8.28. The Balaban J connectivity index is 1.81. The third kappa shape index (κ3) is 3.44. The molecule has 0 saturated heterocycles. The van der Waals surface area contributed by atoms with E-state index in [9.17, 15) is 0 Å². The molecule has 0 saturated carbocycles. The Kier molecular flexibility index (Phi) is 3.95. The summed E-state index contributed by atoms with van der Waals surface area (Å²) >= 11 is 1.57. The predicted molar refractivity (Wildman–Crippen MR) is 70.3 cm³/mol. The van der Waals surface area contributed by atoms with Crippen molar-refractivity contribution in [3.05, 3.63) is 40.9 Å². The lowest BCUT2D eigenvalue weighted by Crippen LogP contribution is -2.05. The maximum absolute atomic E-state index is 9.15. The maximum atomic E-state index is 9.15. The molecule has 0 spiro atoms. The van der Waals surface area contributed by atoms with E-state index >= 15 is 0 Å². The van der Waals surface area contributed by atoms with E-state index in [4.69, 9.17) is 10.8 Å². The molecule has 2 aromatic rings. The number of hydrogen-bond acceptors (Lipinski definition) is 5. The summed E-state index contributed by atoms with van der Waals surface area (Å²) in [4.78, 5) is 4.32. The van der Waals surface area contributed by atoms with Gasteiger partial charge in [-0.1, -0.05) is 12.1 Å². The van der Waals surface area contributed by atoms with Crippen LogP contribution in [-0.2, 0) is 13.0 Å². The third-order valence-electron chi connectivity index (χ3n) is 2.39. The molecule has 0 atom stereocenters. The highest BCUT2D eigenvalue weighted by Gasteiger charge is 1.99. The van der Waals surface area contributed by atoms with Crippen LogP contribution in [0.2, 0.25) is 0 Å². The molecule has 0 aliphatic rings. The Labute approximate surface area is 104 Å². The Morgan fingerprint density at radius 1 is 1.29 bits per heavy atom. The predicted octanol–water partition coefficient (Wildman–Crippen LogP) is 1.96. The van der Waals surface area contributed by atoms with Crippen LogP contribution in [0.4, 0.5) is 5.13 Å². The van der Waals surface area contributed by atoms with E-state index < -0.39 is 0 Å². The average molecular weight is 249 g/mol. The lowest BCUT2D eigenvalue weighted by Gasteiger charge is -2.03. The Morgan fingerprint density at radius 3 is 2.71 bits per heavy atom. The molecule has 90 valence electrons. The highest BCUT2D eigenvalue weighted by atomic mass is 32.1. The van der Waals surface area contributed by atoms with Crippen molar-refractivity contribution in [3.63, 3.8) is 0 Å². The number of thiazole rings is 1. The van der Waals surface area contributed by atoms with Gasteiger partial charge in [0.1, 0.15) is 5.75 Å². The van der Waals surface area contributed by atoms with Gasteiger partial charge in [0.2, 0.25) is 0 Å². The fourth-order valence-corrected chi connectivity index (χ4v) is 2.21. The van der Waals surface area contributed by atoms with Crippen molar-refractivity contribution in [2.75, 3.05) is 11.9 Å². The van der Waals surface area contributed by atoms with Crippen LogP contribution in [0.25, 0.3) is 0 Å². The summed E-state index contributed by atoms with van der Waals surface area (Å²) in [5.74, 6) is 0.300. The van der Waals surface area contributed by atoms with Crippen molar-refractivity contribution in [2.24, 2.45) is 5.73 Å². The minimum absolute atomic E-state index is 0.300. The second-order valence-corrected chi connectivity index (χ2v) is 4.55. The number of nitrogens with zero attached hydrogens (tertiary/aromatic N) is 1. The van der Waals surface area contributed by atoms with Crippen molar-refractivity contribution in [3.8, 4) is 5.75 Å². The van der Waals surface area contributed by atoms with E-state index in [2.05, 4.69) is 10.3 Å². The number of anilines is 1. The van der Waals surface area contributed by atoms with Gasteiger partial charge in [0, 0.05) is 18.5 Å². The van der Waals surface area contributed by atoms with Gasteiger partial charge in [-0.25, -0.2) is 4.98 Å². The van der Waals surface area contributed by atoms with Crippen LogP contribution >= 0.6 is 11.3 Å². The van der Waals surface area contributed by atoms with Gasteiger partial charge in [-0.3, -0.25) is 0 Å². The molecule has 0 unspecified atom stereocenters. The fourth-order valence-electron chi connectivity index (χ4n) is 1.46. The molecule has 0 fully saturated rings. The van der Waals surface area contributed by atoms with Gasteiger partial charge in [-0.2, -0.15) is 0 Å². The van der Waals surface area contributed by atoms with E-state index in [1.165, 1.54) is 5.56 Å². The monoisotopic (exact) mass is 249 g/mol. The number of phenols is 1. The molecule has 0 amide bonds. The van der Waals surface area contributed by atoms with Gasteiger partial charge in [-0.15, -0.1) is 11.3 Å². The number of aromatic hydroxyl groups is 1. The van der Waals surface area contributed by atoms with Gasteiger partial charge in [-0.05, 0) is 24.1 Å². The number of aromatic nitrogens is 1. The number of benzene rings is 1. The number of hydrogen-bond donors (Lipinski definition) is 3. The number of nitrogens with one attached hydrogen (secondary N) is 1. The van der Waals surface area contributed by atoms with Crippen molar-refractivity contribution < 1.29 is 5.11 Å². The van der Waals surface area contributed by atoms with E-state index in [0.29, 0.717) is 12.3 Å². The standard InChI is InChI=1S/C12H15N3OS/c13-7-10-8-17-12(15-10)14-6-5-9-1-3-11(16)4-2-9/h1-4,8,16H,5-7,13H2,(H,14,15). The van der Waals surface area contributed by atoms with Crippen molar-refractivity contribution in [1.29, 1.82) is 0 Å². The van der Waals surface area contributed by atoms with Crippen LogP contribution in [0.15, 0.2) is 29.6 Å². The molecule has 5 heteroatoms. The molecule has 17 heavy (non-hydrogen) atoms. The lowest BCUT2D eigenvalue weighted by atomic mass is 10.1. The molecule has 1 heterocycles. The highest BCUT2D eigenvalue weighted by Crippen LogP contribution is 2.15. The molecule has 0 aliphatic carbocycles. The Bertz CT molecular complexity index is 467. The van der Waals surface area contributed by atoms with Gasteiger partial charge in [0.25, 0.3) is 0 Å². The van der Waals surface area contributed by atoms with Gasteiger partial charge >= 0.3 is 0 Å². The minimum atomic E-state index is 0.300. The molecule has 1 aromatic carbocycles. The van der Waals surface area contributed by atoms with Crippen LogP contribution in [-0.4, -0.2) is 16.6 Å². The molecular weight excluding hydrogens is 234 g/mol. The summed E-state index contributed by atoms with van der Waals surface area (Å²) < 4.78 is 0. The van der Waals surface area contributed by atoms with Crippen molar-refractivity contribution in [1.82, 2.24) is 4.98 Å². The van der Waals surface area contributed by atoms with E-state index in [0.717, 1.165) is 23.8 Å². The molecule has 0 bridgehead atoms. The average Bonchev–Trinajstić information content (AvgIpc) is 2.80. The molecule has 1 aromatic heterocycles. The van der Waals surface area contributed by atoms with Gasteiger partial charge in [0.05, 0.1) is 5.69 Å². The third-order valence-corrected chi connectivity index (χ3v) is 3.24. The number of nitrogens with two attached hydrogens (primary N) is 1. The summed E-state index contributed by atoms with van der Waals surface area (Å²) in [6.07, 6.45) is 0.901. The highest BCUT2D eigenvalue weighted by molar-refractivity contribution is 7.13. The smallest absolute Gasteiger partial charge is 0.182 e. The zero-order valence-corrected chi connectivity index (χ0v) is 10.2. The second-order valence-electron chi connectivity index (χ2n) is 3.69. The fraction of sp³-hybridized carbons (Fsp3) is 0.250. The largest absolute Gasteiger partial charge is 0.508 e. The summed E-state index contributed by atoms with van der Waals surface area (Å²) in [5.41, 5.74) is 7.59. The van der Waals surface area contributed by atoms with Gasteiger partial charge < -0.3 is 16.2 Å². The number of phenolic OH excluding ortho intramolecular Hbond substituents is 1. The van der Waals surface area contributed by atoms with E-state index in [1.807, 2.05) is 17.5 Å². The van der Waals surface area contributed by atoms with E-state index in [1.54, 1.807) is 23.5 Å². The summed E-state index contributed by atoms with van der Waals surface area (Å²) in [7, 11) is 0. The minimum Gasteiger partial charge on any atom is -0.508 e. The molecule has 4 nitrogen and oxygen atoms in total. The first kappa shape index (κ1) is 11.9. The van der Waals surface area contributed by atoms with Crippen LogP contribution in [0, 0.1) is 0 Å². The normalized spacial score (nSPS) is 10.4. The first-order valence-electron chi connectivity index (χ1n) is 5.44. The quantitative estimate of drug-likeness (QED) is 0.757. The number of rotatable bonds is 5. The topological polar surface area (TPSA) is 71.2 Å². The van der Waals surface area contributed by atoms with Gasteiger partial charge in [0.15, 0.2) is 5.13 Å². The summed E-state index contributed by atoms with van der Waals surface area (Å²) in [5, 5.41) is 15.3. The molecule has 0 radical (unpaired) electrons. The molecule has 2 rings (SSSR count). The maximum Gasteiger partial charge on any atom is 0.182 e. The molecule has 0 aliphatic heterocycles.